The normalized spacial score (nSPS) is 27.0. The molecular weight excluding hydrogens is 520 g/mol. The van der Waals surface area contributed by atoms with E-state index in [1.807, 2.05) is 23.1 Å². The summed E-state index contributed by atoms with van der Waals surface area (Å²) in [6.07, 6.45) is 7.63. The van der Waals surface area contributed by atoms with Crippen LogP contribution < -0.4 is 25.2 Å². The number of nitrogens with one attached hydrogen (secondary N) is 2. The minimum atomic E-state index is -0.968. The minimum absolute atomic E-state index is 0.0461. The Kier molecular flexibility index (Phi) is 8.67. The Hall–Kier alpha value is -2.65. The second kappa shape index (κ2) is 11.9. The lowest BCUT2D eigenvalue weighted by molar-refractivity contribution is -0.132. The molecule has 0 bridgehead atoms. The van der Waals surface area contributed by atoms with E-state index in [9.17, 15) is 14.4 Å². The molecule has 2 heterocycles. The van der Waals surface area contributed by atoms with E-state index in [1.54, 1.807) is 25.9 Å². The molecule has 3 fully saturated rings. The highest BCUT2D eigenvalue weighted by Gasteiger charge is 2.44. The number of benzene rings is 1. The van der Waals surface area contributed by atoms with Crippen LogP contribution in [-0.4, -0.2) is 68.8 Å². The molecule has 0 aromatic heterocycles. The highest BCUT2D eigenvalue weighted by atomic mass is 16.5. The number of fused-ring (bicyclic) bond motifs is 1. The molecule has 0 radical (unpaired) electrons. The van der Waals surface area contributed by atoms with Crippen LogP contribution >= 0.6 is 0 Å². The van der Waals surface area contributed by atoms with Crippen molar-refractivity contribution in [1.82, 2.24) is 10.6 Å². The minimum Gasteiger partial charge on any atom is -0.476 e. The molecule has 226 valence electrons. The average molecular weight is 569 g/mol. The largest absolute Gasteiger partial charge is 0.476 e. The second-order valence-electron chi connectivity index (χ2n) is 13.6. The summed E-state index contributed by atoms with van der Waals surface area (Å²) >= 11 is 0. The Morgan fingerprint density at radius 1 is 1.12 bits per heavy atom. The molecule has 0 unspecified atom stereocenters. The molecule has 1 aromatic carbocycles. The highest BCUT2D eigenvalue weighted by molar-refractivity contribution is 6.04. The molecule has 9 nitrogen and oxygen atoms in total. The van der Waals surface area contributed by atoms with Crippen molar-refractivity contribution in [2.75, 3.05) is 43.2 Å². The molecule has 4 aliphatic rings. The third-order valence-electron chi connectivity index (χ3n) is 9.41. The summed E-state index contributed by atoms with van der Waals surface area (Å²) in [6, 6.07) is 6.06. The molecule has 41 heavy (non-hydrogen) atoms. The van der Waals surface area contributed by atoms with E-state index in [4.69, 9.17) is 9.47 Å². The summed E-state index contributed by atoms with van der Waals surface area (Å²) in [4.78, 5) is 44.5. The van der Waals surface area contributed by atoms with Crippen LogP contribution in [0.1, 0.15) is 79.1 Å². The van der Waals surface area contributed by atoms with Gasteiger partial charge in [0.2, 0.25) is 11.8 Å². The summed E-state index contributed by atoms with van der Waals surface area (Å²) in [6.45, 7) is 10.3. The predicted molar refractivity (Wildman–Crippen MR) is 159 cm³/mol. The summed E-state index contributed by atoms with van der Waals surface area (Å²) in [7, 11) is 1.65. The van der Waals surface area contributed by atoms with Crippen LogP contribution in [-0.2, 0) is 19.1 Å². The zero-order valence-electron chi connectivity index (χ0n) is 25.5. The van der Waals surface area contributed by atoms with Crippen molar-refractivity contribution in [2.45, 2.75) is 96.7 Å². The zero-order valence-corrected chi connectivity index (χ0v) is 25.5. The van der Waals surface area contributed by atoms with Crippen LogP contribution in [0.15, 0.2) is 18.2 Å². The van der Waals surface area contributed by atoms with Crippen molar-refractivity contribution in [1.29, 1.82) is 0 Å². The van der Waals surface area contributed by atoms with Gasteiger partial charge in [-0.15, -0.1) is 0 Å². The first-order valence-corrected chi connectivity index (χ1v) is 15.5. The van der Waals surface area contributed by atoms with Gasteiger partial charge in [0.25, 0.3) is 5.91 Å². The third-order valence-corrected chi connectivity index (χ3v) is 9.41. The Balaban J connectivity index is 1.33. The zero-order chi connectivity index (χ0) is 29.4. The van der Waals surface area contributed by atoms with Gasteiger partial charge < -0.3 is 29.9 Å². The summed E-state index contributed by atoms with van der Waals surface area (Å²) in [5.41, 5.74) is 0.595. The van der Waals surface area contributed by atoms with Crippen LogP contribution in [0.3, 0.4) is 0 Å². The number of amides is 3. The van der Waals surface area contributed by atoms with Gasteiger partial charge in [-0.25, -0.2) is 0 Å². The van der Waals surface area contributed by atoms with Gasteiger partial charge >= 0.3 is 0 Å². The summed E-state index contributed by atoms with van der Waals surface area (Å²) in [5, 5.41) is 6.72. The number of piperidine rings is 1. The van der Waals surface area contributed by atoms with Crippen molar-refractivity contribution < 1.29 is 23.9 Å². The smallest absolute Gasteiger partial charge is 0.270 e. The highest BCUT2D eigenvalue weighted by Crippen LogP contribution is 2.43. The SMILES string of the molecule is COCCCN1C(=O)C(C)(C)Oc2ccc(N(C(=O)[C@H]3CNC[C@@H](C(=O)N[C@@H]4CCCCC4(C)C)C3)C3CC3)cc21. The molecule has 9 heteroatoms. The number of carbonyl (C=O) groups excluding carboxylic acids is 3. The number of hydrogen-bond acceptors (Lipinski definition) is 6. The predicted octanol–water partition coefficient (Wildman–Crippen LogP) is 4.03. The standard InChI is InChI=1S/C32H48N4O5/c1-31(2)14-7-6-9-27(31)34-28(37)21-17-22(20-33-19-21)29(38)36(23-10-11-23)24-12-13-26-25(18-24)35(15-8-16-40-5)30(39)32(3,4)41-26/h12-13,18,21-23,27,33H,6-11,14-17,19-20H2,1-5H3,(H,34,37)/t21-,22+,27+/m0/s1. The number of methoxy groups -OCH3 is 1. The van der Waals surface area contributed by atoms with E-state index in [0.717, 1.165) is 37.8 Å². The van der Waals surface area contributed by atoms with E-state index in [-0.39, 0.29) is 47.1 Å². The average Bonchev–Trinajstić information content (AvgIpc) is 3.77. The van der Waals surface area contributed by atoms with Gasteiger partial charge in [0, 0.05) is 51.1 Å². The quantitative estimate of drug-likeness (QED) is 0.437. The molecule has 2 N–H and O–H groups in total. The molecule has 5 rings (SSSR count). The lowest BCUT2D eigenvalue weighted by Gasteiger charge is -2.40. The number of ether oxygens (including phenoxy) is 2. The van der Waals surface area contributed by atoms with Gasteiger partial charge in [0.15, 0.2) is 5.60 Å². The van der Waals surface area contributed by atoms with Crippen molar-refractivity contribution in [3.8, 4) is 5.75 Å². The number of anilines is 2. The molecule has 3 amide bonds. The Morgan fingerprint density at radius 2 is 1.88 bits per heavy atom. The monoisotopic (exact) mass is 568 g/mol. The summed E-state index contributed by atoms with van der Waals surface area (Å²) in [5.74, 6) is 0.126. The molecule has 2 aliphatic heterocycles. The van der Waals surface area contributed by atoms with E-state index >= 15 is 0 Å². The Bertz CT molecular complexity index is 1150. The number of nitrogens with zero attached hydrogens (tertiary/aromatic N) is 2. The van der Waals surface area contributed by atoms with Gasteiger partial charge in [0.05, 0.1) is 17.5 Å². The fraction of sp³-hybridized carbons (Fsp3) is 0.719. The first-order valence-electron chi connectivity index (χ1n) is 15.5. The first kappa shape index (κ1) is 29.8. The number of hydrogen-bond donors (Lipinski definition) is 2. The molecule has 2 saturated carbocycles. The van der Waals surface area contributed by atoms with Gasteiger partial charge in [0.1, 0.15) is 5.75 Å². The first-order chi connectivity index (χ1) is 19.5. The van der Waals surface area contributed by atoms with E-state index < -0.39 is 5.60 Å². The van der Waals surface area contributed by atoms with Crippen LogP contribution in [0.25, 0.3) is 0 Å². The van der Waals surface area contributed by atoms with Crippen molar-refractivity contribution >= 4 is 29.1 Å². The van der Waals surface area contributed by atoms with Crippen molar-refractivity contribution in [3.05, 3.63) is 18.2 Å². The number of rotatable bonds is 9. The summed E-state index contributed by atoms with van der Waals surface area (Å²) < 4.78 is 11.3. The van der Waals surface area contributed by atoms with Crippen LogP contribution in [0.5, 0.6) is 5.75 Å². The molecule has 3 atom stereocenters. The fourth-order valence-corrected chi connectivity index (χ4v) is 6.72. The maximum Gasteiger partial charge on any atom is 0.270 e. The number of carbonyl (C=O) groups is 3. The molecule has 1 saturated heterocycles. The second-order valence-corrected chi connectivity index (χ2v) is 13.6. The Labute approximate surface area is 244 Å². The van der Waals surface area contributed by atoms with Gasteiger partial charge in [-0.3, -0.25) is 14.4 Å². The van der Waals surface area contributed by atoms with E-state index in [1.165, 1.54) is 6.42 Å². The fourth-order valence-electron chi connectivity index (χ4n) is 6.72. The Morgan fingerprint density at radius 3 is 2.59 bits per heavy atom. The molecule has 1 aromatic rings. The van der Waals surface area contributed by atoms with E-state index in [2.05, 4.69) is 24.5 Å². The van der Waals surface area contributed by atoms with Gasteiger partial charge in [-0.1, -0.05) is 26.7 Å². The molecule has 2 aliphatic carbocycles. The third kappa shape index (κ3) is 6.41. The van der Waals surface area contributed by atoms with Crippen molar-refractivity contribution in [2.24, 2.45) is 17.3 Å². The van der Waals surface area contributed by atoms with Crippen LogP contribution in [0.2, 0.25) is 0 Å². The van der Waals surface area contributed by atoms with Crippen LogP contribution in [0, 0.1) is 17.3 Å². The van der Waals surface area contributed by atoms with Gasteiger partial charge in [-0.05, 0) is 76.0 Å². The topological polar surface area (TPSA) is 100 Å². The van der Waals surface area contributed by atoms with Crippen molar-refractivity contribution in [3.63, 3.8) is 0 Å². The van der Waals surface area contributed by atoms with Crippen LogP contribution in [0.4, 0.5) is 11.4 Å². The molecular formula is C32H48N4O5. The van der Waals surface area contributed by atoms with Gasteiger partial charge in [-0.2, -0.15) is 0 Å². The lowest BCUT2D eigenvalue weighted by atomic mass is 9.73. The maximum atomic E-state index is 14.1. The van der Waals surface area contributed by atoms with E-state index in [0.29, 0.717) is 50.5 Å². The molecule has 0 spiro atoms. The lowest BCUT2D eigenvalue weighted by Crippen LogP contribution is -2.54. The maximum absolute atomic E-state index is 14.1.